The molecule has 112 valence electrons. The standard InChI is InChI=1S/C13H14N2O5S/c1-3-9-4-5-10(7-11(9)13(16)17)21(18,19)15-12-6-8(2)14-20-12/h4-7,15H,3H2,1-2H3,(H,16,17). The van der Waals surface area contributed by atoms with Gasteiger partial charge in [0.2, 0.25) is 5.88 Å². The van der Waals surface area contributed by atoms with E-state index in [4.69, 9.17) is 9.63 Å². The second-order valence-electron chi connectivity index (χ2n) is 4.42. The Bertz CT molecular complexity index is 780. The maximum Gasteiger partial charge on any atom is 0.336 e. The van der Waals surface area contributed by atoms with Gasteiger partial charge >= 0.3 is 5.97 Å². The number of hydrogen-bond acceptors (Lipinski definition) is 5. The Morgan fingerprint density at radius 1 is 1.38 bits per heavy atom. The number of sulfonamides is 1. The highest BCUT2D eigenvalue weighted by Crippen LogP contribution is 2.20. The van der Waals surface area contributed by atoms with Crippen molar-refractivity contribution in [2.75, 3.05) is 4.72 Å². The Hall–Kier alpha value is -2.35. The second-order valence-corrected chi connectivity index (χ2v) is 6.10. The lowest BCUT2D eigenvalue weighted by Gasteiger charge is -2.08. The van der Waals surface area contributed by atoms with Gasteiger partial charge in [0, 0.05) is 6.07 Å². The predicted octanol–water partition coefficient (Wildman–Crippen LogP) is 2.04. The van der Waals surface area contributed by atoms with Gasteiger partial charge < -0.3 is 9.63 Å². The molecule has 1 aromatic carbocycles. The maximum absolute atomic E-state index is 12.2. The molecule has 0 spiro atoms. The fourth-order valence-electron chi connectivity index (χ4n) is 1.83. The second kappa shape index (κ2) is 5.57. The zero-order valence-corrected chi connectivity index (χ0v) is 12.3. The summed E-state index contributed by atoms with van der Waals surface area (Å²) in [5.74, 6) is -1.19. The predicted molar refractivity (Wildman–Crippen MR) is 74.8 cm³/mol. The van der Waals surface area contributed by atoms with Crippen LogP contribution in [0.3, 0.4) is 0 Å². The normalized spacial score (nSPS) is 11.3. The average Bonchev–Trinajstić information content (AvgIpc) is 2.82. The lowest BCUT2D eigenvalue weighted by atomic mass is 10.1. The first kappa shape index (κ1) is 15.0. The highest BCUT2D eigenvalue weighted by Gasteiger charge is 2.20. The van der Waals surface area contributed by atoms with Crippen molar-refractivity contribution >= 4 is 21.9 Å². The van der Waals surface area contributed by atoms with E-state index < -0.39 is 16.0 Å². The SMILES string of the molecule is CCc1ccc(S(=O)(=O)Nc2cc(C)no2)cc1C(=O)O. The first-order valence-electron chi connectivity index (χ1n) is 6.16. The third kappa shape index (κ3) is 3.22. The van der Waals surface area contributed by atoms with Crippen molar-refractivity contribution in [1.82, 2.24) is 5.16 Å². The van der Waals surface area contributed by atoms with Crippen LogP contribution in [0, 0.1) is 6.92 Å². The fraction of sp³-hybridized carbons (Fsp3) is 0.231. The van der Waals surface area contributed by atoms with Gasteiger partial charge in [-0.3, -0.25) is 0 Å². The molecule has 1 heterocycles. The van der Waals surface area contributed by atoms with E-state index in [-0.39, 0.29) is 16.3 Å². The van der Waals surface area contributed by atoms with Crippen molar-refractivity contribution in [1.29, 1.82) is 0 Å². The molecule has 0 aliphatic carbocycles. The van der Waals surface area contributed by atoms with Gasteiger partial charge in [-0.25, -0.2) is 17.9 Å². The molecule has 0 aliphatic rings. The molecule has 8 heteroatoms. The molecular formula is C13H14N2O5S. The summed E-state index contributed by atoms with van der Waals surface area (Å²) in [7, 11) is -3.93. The topological polar surface area (TPSA) is 110 Å². The molecule has 0 aliphatic heterocycles. The van der Waals surface area contributed by atoms with Gasteiger partial charge in [-0.2, -0.15) is 0 Å². The van der Waals surface area contributed by atoms with Crippen LogP contribution in [0.5, 0.6) is 0 Å². The van der Waals surface area contributed by atoms with E-state index in [1.807, 2.05) is 0 Å². The fourth-order valence-corrected chi connectivity index (χ4v) is 2.83. The number of aryl methyl sites for hydroxylation is 2. The molecule has 2 N–H and O–H groups in total. The lowest BCUT2D eigenvalue weighted by Crippen LogP contribution is -2.14. The number of rotatable bonds is 5. The van der Waals surface area contributed by atoms with E-state index in [0.717, 1.165) is 6.07 Å². The Kier molecular flexibility index (Phi) is 3.99. The Labute approximate surface area is 121 Å². The minimum absolute atomic E-state index is 0.0241. The van der Waals surface area contributed by atoms with Gasteiger partial charge in [0.15, 0.2) is 0 Å². The van der Waals surface area contributed by atoms with E-state index in [1.165, 1.54) is 18.2 Å². The molecule has 7 nitrogen and oxygen atoms in total. The number of aromatic carboxylic acids is 1. The number of carboxylic acid groups (broad SMARTS) is 1. The van der Waals surface area contributed by atoms with E-state index in [9.17, 15) is 13.2 Å². The summed E-state index contributed by atoms with van der Waals surface area (Å²) < 4.78 is 31.4. The number of benzene rings is 1. The molecule has 0 amide bonds. The summed E-state index contributed by atoms with van der Waals surface area (Å²) in [6.07, 6.45) is 0.497. The van der Waals surface area contributed by atoms with Gasteiger partial charge in [0.25, 0.3) is 10.0 Å². The molecule has 2 rings (SSSR count). The Morgan fingerprint density at radius 3 is 2.62 bits per heavy atom. The number of anilines is 1. The summed E-state index contributed by atoms with van der Waals surface area (Å²) in [4.78, 5) is 11.0. The van der Waals surface area contributed by atoms with Gasteiger partial charge in [-0.1, -0.05) is 18.1 Å². The van der Waals surface area contributed by atoms with Crippen LogP contribution in [-0.4, -0.2) is 24.7 Å². The highest BCUT2D eigenvalue weighted by atomic mass is 32.2. The monoisotopic (exact) mass is 310 g/mol. The summed E-state index contributed by atoms with van der Waals surface area (Å²) in [5, 5.41) is 12.7. The van der Waals surface area contributed by atoms with Crippen molar-refractivity contribution in [3.63, 3.8) is 0 Å². The number of aromatic nitrogens is 1. The first-order chi connectivity index (χ1) is 9.83. The largest absolute Gasteiger partial charge is 0.478 e. The molecule has 0 bridgehead atoms. The average molecular weight is 310 g/mol. The molecule has 2 aromatic rings. The van der Waals surface area contributed by atoms with Gasteiger partial charge in [-0.15, -0.1) is 0 Å². The molecule has 0 saturated carbocycles. The summed E-state index contributed by atoms with van der Waals surface area (Å²) in [5.41, 5.74) is 1.06. The van der Waals surface area contributed by atoms with Crippen LogP contribution in [0.15, 0.2) is 33.7 Å². The van der Waals surface area contributed by atoms with Crippen molar-refractivity contribution < 1.29 is 22.8 Å². The van der Waals surface area contributed by atoms with Crippen molar-refractivity contribution in [3.8, 4) is 0 Å². The molecule has 21 heavy (non-hydrogen) atoms. The minimum atomic E-state index is -3.93. The Morgan fingerprint density at radius 2 is 2.10 bits per heavy atom. The van der Waals surface area contributed by atoms with Crippen LogP contribution in [0.25, 0.3) is 0 Å². The third-order valence-corrected chi connectivity index (χ3v) is 4.21. The van der Waals surface area contributed by atoms with E-state index >= 15 is 0 Å². The van der Waals surface area contributed by atoms with Crippen LogP contribution < -0.4 is 4.72 Å². The summed E-state index contributed by atoms with van der Waals surface area (Å²) in [6, 6.07) is 5.41. The van der Waals surface area contributed by atoms with Crippen LogP contribution in [0.2, 0.25) is 0 Å². The maximum atomic E-state index is 12.2. The first-order valence-corrected chi connectivity index (χ1v) is 7.64. The number of carboxylic acids is 1. The molecular weight excluding hydrogens is 296 g/mol. The summed E-state index contributed by atoms with van der Waals surface area (Å²) in [6.45, 7) is 3.45. The highest BCUT2D eigenvalue weighted by molar-refractivity contribution is 7.92. The molecule has 0 unspecified atom stereocenters. The smallest absolute Gasteiger partial charge is 0.336 e. The lowest BCUT2D eigenvalue weighted by molar-refractivity contribution is 0.0695. The summed E-state index contributed by atoms with van der Waals surface area (Å²) >= 11 is 0. The van der Waals surface area contributed by atoms with E-state index in [2.05, 4.69) is 9.88 Å². The molecule has 0 radical (unpaired) electrons. The van der Waals surface area contributed by atoms with Crippen LogP contribution in [-0.2, 0) is 16.4 Å². The molecule has 0 atom stereocenters. The quantitative estimate of drug-likeness (QED) is 0.874. The number of nitrogens with zero attached hydrogens (tertiary/aromatic N) is 1. The zero-order chi connectivity index (χ0) is 15.6. The number of nitrogens with one attached hydrogen (secondary N) is 1. The molecule has 0 saturated heterocycles. The van der Waals surface area contributed by atoms with Crippen molar-refractivity contribution in [2.45, 2.75) is 25.2 Å². The Balaban J connectivity index is 2.40. The van der Waals surface area contributed by atoms with E-state index in [0.29, 0.717) is 17.7 Å². The molecule has 0 fully saturated rings. The van der Waals surface area contributed by atoms with Crippen molar-refractivity contribution in [3.05, 3.63) is 41.1 Å². The van der Waals surface area contributed by atoms with Gasteiger partial charge in [-0.05, 0) is 31.0 Å². The number of carbonyl (C=O) groups is 1. The van der Waals surface area contributed by atoms with Gasteiger partial charge in [0.1, 0.15) is 0 Å². The van der Waals surface area contributed by atoms with E-state index in [1.54, 1.807) is 13.8 Å². The zero-order valence-electron chi connectivity index (χ0n) is 11.5. The van der Waals surface area contributed by atoms with Crippen LogP contribution in [0.1, 0.15) is 28.5 Å². The van der Waals surface area contributed by atoms with Gasteiger partial charge in [0.05, 0.1) is 16.2 Å². The van der Waals surface area contributed by atoms with Crippen LogP contribution >= 0.6 is 0 Å². The third-order valence-electron chi connectivity index (χ3n) is 2.87. The number of hydrogen-bond donors (Lipinski definition) is 2. The van der Waals surface area contributed by atoms with Crippen molar-refractivity contribution in [2.24, 2.45) is 0 Å². The molecule has 1 aromatic heterocycles. The van der Waals surface area contributed by atoms with Crippen LogP contribution in [0.4, 0.5) is 5.88 Å². The minimum Gasteiger partial charge on any atom is -0.478 e.